The predicted molar refractivity (Wildman–Crippen MR) is 188 cm³/mol. The van der Waals surface area contributed by atoms with Gasteiger partial charge in [-0.2, -0.15) is 0 Å². The molecule has 0 amide bonds. The van der Waals surface area contributed by atoms with Crippen LogP contribution in [0.15, 0.2) is 143 Å². The molecule has 0 fully saturated rings. The number of carbonyl (C=O) groups is 1. The molecule has 46 heavy (non-hydrogen) atoms. The lowest BCUT2D eigenvalue weighted by molar-refractivity contribution is -0.112. The summed E-state index contributed by atoms with van der Waals surface area (Å²) in [5.41, 5.74) is 12.4. The molecule has 1 aliphatic carbocycles. The zero-order chi connectivity index (χ0) is 31.8. The second-order valence-corrected chi connectivity index (χ2v) is 13.8. The number of allylic oxidation sites excluding steroid dienone is 6. The van der Waals surface area contributed by atoms with Gasteiger partial charge in [0.2, 0.25) is 0 Å². The van der Waals surface area contributed by atoms with Crippen molar-refractivity contribution in [2.45, 2.75) is 58.3 Å². The summed E-state index contributed by atoms with van der Waals surface area (Å²) in [5, 5.41) is 6.97. The van der Waals surface area contributed by atoms with Gasteiger partial charge in [0.1, 0.15) is 5.82 Å². The third kappa shape index (κ3) is 3.97. The van der Waals surface area contributed by atoms with Gasteiger partial charge in [-0.25, -0.2) is 0 Å². The van der Waals surface area contributed by atoms with E-state index in [1.54, 1.807) is 0 Å². The van der Waals surface area contributed by atoms with Gasteiger partial charge >= 0.3 is 0 Å². The van der Waals surface area contributed by atoms with Gasteiger partial charge in [-0.3, -0.25) is 4.79 Å². The van der Waals surface area contributed by atoms with E-state index >= 15 is 4.79 Å². The Kier molecular flexibility index (Phi) is 6.34. The molecular formula is C41H40N4O. The number of Topliss-reactive ketones (excluding diaryl/α,β-unsaturated/α-hetero) is 1. The van der Waals surface area contributed by atoms with Gasteiger partial charge in [-0.1, -0.05) is 94.4 Å². The van der Waals surface area contributed by atoms with Gasteiger partial charge in [-0.05, 0) is 72.4 Å². The number of rotatable bonds is 2. The van der Waals surface area contributed by atoms with Crippen molar-refractivity contribution in [2.24, 2.45) is 0 Å². The largest absolute Gasteiger partial charge is 0.367 e. The molecule has 0 aromatic heterocycles. The normalized spacial score (nSPS) is 23.1. The average Bonchev–Trinajstić information content (AvgIpc) is 3.07. The minimum absolute atomic E-state index is 0.00403. The SMILES string of the molecule is C/C1=C(N2c3ccccc3C(C)(C)c3ccccc32)\C=C/NC2=C(C1=O)C(N1C3=CCCC=C3C(C)(C)c3ccccc31)=CCN2. The fourth-order valence-corrected chi connectivity index (χ4v) is 8.11. The molecule has 5 heteroatoms. The second kappa shape index (κ2) is 10.2. The Morgan fingerprint density at radius 2 is 1.24 bits per heavy atom. The average molecular weight is 605 g/mol. The molecule has 3 aromatic rings. The Bertz CT molecular complexity index is 1970. The number of para-hydroxylation sites is 3. The Labute approximate surface area is 272 Å². The van der Waals surface area contributed by atoms with Crippen molar-refractivity contribution in [1.29, 1.82) is 0 Å². The first-order valence-corrected chi connectivity index (χ1v) is 16.4. The van der Waals surface area contributed by atoms with Crippen molar-refractivity contribution in [1.82, 2.24) is 10.6 Å². The minimum Gasteiger partial charge on any atom is -0.367 e. The van der Waals surface area contributed by atoms with E-state index in [1.165, 1.54) is 28.0 Å². The molecule has 0 bridgehead atoms. The van der Waals surface area contributed by atoms with Crippen LogP contribution < -0.4 is 20.4 Å². The molecular weight excluding hydrogens is 564 g/mol. The van der Waals surface area contributed by atoms with E-state index in [2.05, 4.69) is 139 Å². The van der Waals surface area contributed by atoms with E-state index in [9.17, 15) is 0 Å². The Hall–Kier alpha value is -5.03. The van der Waals surface area contributed by atoms with Gasteiger partial charge in [0, 0.05) is 34.8 Å². The Morgan fingerprint density at radius 1 is 0.674 bits per heavy atom. The van der Waals surface area contributed by atoms with Crippen LogP contribution in [0, 0.1) is 0 Å². The number of fused-ring (bicyclic) bond motifs is 4. The number of ketones is 1. The van der Waals surface area contributed by atoms with Crippen LogP contribution in [0.2, 0.25) is 0 Å². The topological polar surface area (TPSA) is 47.6 Å². The molecule has 5 aliphatic rings. The maximum atomic E-state index is 15.0. The zero-order valence-corrected chi connectivity index (χ0v) is 27.2. The lowest BCUT2D eigenvalue weighted by Crippen LogP contribution is -2.42. The van der Waals surface area contributed by atoms with Crippen LogP contribution in [-0.2, 0) is 15.6 Å². The predicted octanol–water partition coefficient (Wildman–Crippen LogP) is 8.52. The molecule has 0 spiro atoms. The Morgan fingerprint density at radius 3 is 1.89 bits per heavy atom. The highest BCUT2D eigenvalue weighted by Crippen LogP contribution is 2.53. The summed E-state index contributed by atoms with van der Waals surface area (Å²) >= 11 is 0. The molecule has 0 saturated carbocycles. The summed E-state index contributed by atoms with van der Waals surface area (Å²) in [4.78, 5) is 19.6. The summed E-state index contributed by atoms with van der Waals surface area (Å²) < 4.78 is 0. The van der Waals surface area contributed by atoms with Crippen molar-refractivity contribution in [3.05, 3.63) is 160 Å². The van der Waals surface area contributed by atoms with Crippen molar-refractivity contribution >= 4 is 22.8 Å². The summed E-state index contributed by atoms with van der Waals surface area (Å²) in [6.45, 7) is 11.8. The van der Waals surface area contributed by atoms with Gasteiger partial charge in [0.25, 0.3) is 0 Å². The third-order valence-corrected chi connectivity index (χ3v) is 10.5. The van der Waals surface area contributed by atoms with Crippen molar-refractivity contribution in [3.8, 4) is 0 Å². The van der Waals surface area contributed by atoms with Crippen LogP contribution in [0.25, 0.3) is 0 Å². The van der Waals surface area contributed by atoms with Crippen LogP contribution in [0.5, 0.6) is 0 Å². The highest BCUT2D eigenvalue weighted by molar-refractivity contribution is 6.14. The monoisotopic (exact) mass is 604 g/mol. The molecule has 0 radical (unpaired) electrons. The number of anilines is 3. The Balaban J connectivity index is 1.30. The molecule has 4 heterocycles. The molecule has 0 unspecified atom stereocenters. The molecule has 4 aliphatic heterocycles. The van der Waals surface area contributed by atoms with Crippen LogP contribution in [-0.4, -0.2) is 12.3 Å². The third-order valence-electron chi connectivity index (χ3n) is 10.5. The molecule has 0 saturated heterocycles. The summed E-state index contributed by atoms with van der Waals surface area (Å²) in [7, 11) is 0. The highest BCUT2D eigenvalue weighted by Gasteiger charge is 2.43. The molecule has 0 atom stereocenters. The van der Waals surface area contributed by atoms with E-state index in [4.69, 9.17) is 0 Å². The smallest absolute Gasteiger partial charge is 0.196 e. The summed E-state index contributed by atoms with van der Waals surface area (Å²) in [6, 6.07) is 25.8. The maximum absolute atomic E-state index is 15.0. The number of dihydropyridines is 1. The lowest BCUT2D eigenvalue weighted by Gasteiger charge is -2.47. The fraction of sp³-hybridized carbons (Fsp3) is 0.244. The van der Waals surface area contributed by atoms with Gasteiger partial charge < -0.3 is 20.4 Å². The first-order chi connectivity index (χ1) is 22.2. The molecule has 2 N–H and O–H groups in total. The number of hydrogen-bond acceptors (Lipinski definition) is 5. The number of nitrogens with zero attached hydrogens (tertiary/aromatic N) is 2. The molecule has 8 rings (SSSR count). The van der Waals surface area contributed by atoms with Crippen molar-refractivity contribution in [2.75, 3.05) is 16.3 Å². The van der Waals surface area contributed by atoms with E-state index in [0.717, 1.165) is 47.1 Å². The minimum atomic E-state index is -0.182. The quantitative estimate of drug-likeness (QED) is 0.307. The fourth-order valence-electron chi connectivity index (χ4n) is 8.11. The number of nitrogens with one attached hydrogen (secondary N) is 2. The van der Waals surface area contributed by atoms with Crippen LogP contribution >= 0.6 is 0 Å². The summed E-state index contributed by atoms with van der Waals surface area (Å²) in [5.74, 6) is 0.742. The van der Waals surface area contributed by atoms with Crippen molar-refractivity contribution < 1.29 is 4.79 Å². The number of benzene rings is 3. The van der Waals surface area contributed by atoms with E-state index in [1.807, 2.05) is 19.2 Å². The molecule has 3 aromatic carbocycles. The summed E-state index contributed by atoms with van der Waals surface area (Å²) in [6.07, 6.45) is 12.9. The van der Waals surface area contributed by atoms with E-state index in [-0.39, 0.29) is 16.6 Å². The van der Waals surface area contributed by atoms with Gasteiger partial charge in [0.05, 0.1) is 34.0 Å². The number of hydrogen-bond donors (Lipinski definition) is 2. The zero-order valence-electron chi connectivity index (χ0n) is 27.2. The van der Waals surface area contributed by atoms with Gasteiger partial charge in [0.15, 0.2) is 5.78 Å². The highest BCUT2D eigenvalue weighted by atomic mass is 16.1. The van der Waals surface area contributed by atoms with Crippen LogP contribution in [0.1, 0.15) is 64.2 Å². The lowest BCUT2D eigenvalue weighted by atomic mass is 9.70. The van der Waals surface area contributed by atoms with E-state index < -0.39 is 0 Å². The molecule has 5 nitrogen and oxygen atoms in total. The first-order valence-electron chi connectivity index (χ1n) is 16.4. The van der Waals surface area contributed by atoms with Gasteiger partial charge in [-0.15, -0.1) is 0 Å². The first kappa shape index (κ1) is 28.4. The van der Waals surface area contributed by atoms with Crippen LogP contribution in [0.3, 0.4) is 0 Å². The molecule has 230 valence electrons. The maximum Gasteiger partial charge on any atom is 0.196 e. The van der Waals surface area contributed by atoms with Crippen LogP contribution in [0.4, 0.5) is 17.1 Å². The number of carbonyl (C=O) groups excluding carboxylic acids is 1. The second-order valence-electron chi connectivity index (χ2n) is 13.8. The van der Waals surface area contributed by atoms with E-state index in [0.29, 0.717) is 17.7 Å². The van der Waals surface area contributed by atoms with Crippen molar-refractivity contribution in [3.63, 3.8) is 0 Å². The standard InChI is InChI=1S/C41H40N4O/c1-26-31(44-32-18-10-6-14-27(32)40(2,3)28-15-7-11-19-33(28)44)22-24-42-39-37(38(26)46)36(23-25-43-39)45-34-20-12-8-16-29(34)41(4,5)30-17-9-13-21-35(30)45/h6-8,10-12,14-24,42-43H,9,13,25H2,1-5H3/b24-22-,31-26-.